The molecule has 1 heterocycles. The van der Waals surface area contributed by atoms with E-state index in [2.05, 4.69) is 11.9 Å². The number of carbonyl (C=O) groups is 2. The van der Waals surface area contributed by atoms with Gasteiger partial charge in [0.05, 0.1) is 17.6 Å². The van der Waals surface area contributed by atoms with Gasteiger partial charge in [-0.25, -0.2) is 0 Å². The van der Waals surface area contributed by atoms with Crippen molar-refractivity contribution in [3.05, 3.63) is 72.4 Å². The summed E-state index contributed by atoms with van der Waals surface area (Å²) in [5.41, 5.74) is -1.46. The summed E-state index contributed by atoms with van der Waals surface area (Å²) in [5.74, 6) is -2.50. The number of nitrogens with one attached hydrogen (secondary N) is 1. The van der Waals surface area contributed by atoms with Crippen molar-refractivity contribution in [3.8, 4) is 0 Å². The number of rotatable bonds is 2. The Labute approximate surface area is 201 Å². The topological polar surface area (TPSA) is 107 Å². The SMILES string of the molecule is C=C1[C@@H](C)[C@H]2[C@H](Cc3ccccc3)NC(=O)[C@]23[C@H](O)/C=C/[C@@](C)(O)C(=O)C(C)C/C=C/[C@H]3[C@@H]1O. The maximum absolute atomic E-state index is 13.8. The minimum absolute atomic E-state index is 0.249. The molecule has 1 saturated carbocycles. The summed E-state index contributed by atoms with van der Waals surface area (Å²) in [5, 5.41) is 36.8. The van der Waals surface area contributed by atoms with Crippen molar-refractivity contribution < 1.29 is 24.9 Å². The Morgan fingerprint density at radius 1 is 1.12 bits per heavy atom. The lowest BCUT2D eigenvalue weighted by Gasteiger charge is -2.51. The van der Waals surface area contributed by atoms with Gasteiger partial charge >= 0.3 is 0 Å². The van der Waals surface area contributed by atoms with Crippen LogP contribution in [0.2, 0.25) is 0 Å². The molecule has 9 atom stereocenters. The number of ketones is 1. The molecule has 1 aromatic rings. The third kappa shape index (κ3) is 3.78. The third-order valence-electron chi connectivity index (χ3n) is 8.26. The largest absolute Gasteiger partial charge is 0.388 e. The van der Waals surface area contributed by atoms with E-state index in [1.807, 2.05) is 37.3 Å². The van der Waals surface area contributed by atoms with Crippen molar-refractivity contribution in [2.24, 2.45) is 29.1 Å². The Morgan fingerprint density at radius 3 is 2.47 bits per heavy atom. The van der Waals surface area contributed by atoms with Crippen molar-refractivity contribution in [2.45, 2.75) is 57.5 Å². The monoisotopic (exact) mass is 465 g/mol. The Morgan fingerprint density at radius 2 is 1.79 bits per heavy atom. The minimum Gasteiger partial charge on any atom is -0.388 e. The first-order valence-electron chi connectivity index (χ1n) is 12.0. The van der Waals surface area contributed by atoms with Crippen LogP contribution in [-0.2, 0) is 16.0 Å². The molecule has 0 radical (unpaired) electrons. The van der Waals surface area contributed by atoms with Crippen molar-refractivity contribution in [2.75, 3.05) is 0 Å². The molecule has 4 rings (SSSR count). The Balaban J connectivity index is 1.87. The van der Waals surface area contributed by atoms with Gasteiger partial charge in [0.15, 0.2) is 5.78 Å². The number of amides is 1. The van der Waals surface area contributed by atoms with Crippen LogP contribution in [0.4, 0.5) is 0 Å². The van der Waals surface area contributed by atoms with Crippen LogP contribution in [0.25, 0.3) is 0 Å². The zero-order chi connectivity index (χ0) is 24.8. The highest BCUT2D eigenvalue weighted by Crippen LogP contribution is 2.57. The van der Waals surface area contributed by atoms with Gasteiger partial charge in [0.1, 0.15) is 5.60 Å². The number of aliphatic hydroxyl groups excluding tert-OH is 2. The van der Waals surface area contributed by atoms with Gasteiger partial charge in [0.25, 0.3) is 0 Å². The Kier molecular flexibility index (Phi) is 6.44. The average molecular weight is 466 g/mol. The van der Waals surface area contributed by atoms with Gasteiger partial charge in [-0.3, -0.25) is 9.59 Å². The van der Waals surface area contributed by atoms with Crippen LogP contribution in [0.5, 0.6) is 0 Å². The molecule has 1 spiro atoms. The molecule has 1 aliphatic heterocycles. The van der Waals surface area contributed by atoms with E-state index in [1.165, 1.54) is 19.1 Å². The molecule has 1 aromatic carbocycles. The van der Waals surface area contributed by atoms with E-state index in [-0.39, 0.29) is 29.6 Å². The van der Waals surface area contributed by atoms with E-state index in [0.29, 0.717) is 18.4 Å². The normalized spacial score (nSPS) is 44.4. The van der Waals surface area contributed by atoms with Crippen molar-refractivity contribution in [1.29, 1.82) is 0 Å². The summed E-state index contributed by atoms with van der Waals surface area (Å²) in [7, 11) is 0. The fraction of sp³-hybridized carbons (Fsp3) is 0.500. The second-order valence-electron chi connectivity index (χ2n) is 10.4. The fourth-order valence-electron chi connectivity index (χ4n) is 6.39. The van der Waals surface area contributed by atoms with Gasteiger partial charge in [0.2, 0.25) is 5.91 Å². The van der Waals surface area contributed by atoms with E-state index in [1.54, 1.807) is 19.1 Å². The maximum Gasteiger partial charge on any atom is 0.230 e. The van der Waals surface area contributed by atoms with E-state index >= 15 is 0 Å². The van der Waals surface area contributed by atoms with Crippen molar-refractivity contribution in [1.82, 2.24) is 5.32 Å². The molecule has 4 N–H and O–H groups in total. The molecule has 3 aliphatic rings. The molecule has 182 valence electrons. The van der Waals surface area contributed by atoms with Gasteiger partial charge in [-0.1, -0.05) is 69.0 Å². The predicted molar refractivity (Wildman–Crippen MR) is 129 cm³/mol. The first kappa shape index (κ1) is 24.6. The van der Waals surface area contributed by atoms with E-state index in [9.17, 15) is 24.9 Å². The quantitative estimate of drug-likeness (QED) is 0.502. The van der Waals surface area contributed by atoms with E-state index in [0.717, 1.165) is 5.56 Å². The standard InChI is InChI=1S/C28H35NO5/c1-16-9-8-12-20-24(31)18(3)17(2)23-21(15-19-10-6-5-7-11-19)29-26(33)28(20,23)22(30)13-14-27(4,34)25(16)32/h5-8,10-14,16-17,20-24,30-31,34H,3,9,15H2,1-2,4H3,(H,29,33)/b12-8+,14-13+/t16?,17-,20+,21+,22-,23+,24-,27-,28-/m1/s1. The maximum atomic E-state index is 13.8. The van der Waals surface area contributed by atoms with Gasteiger partial charge in [-0.2, -0.15) is 0 Å². The second-order valence-corrected chi connectivity index (χ2v) is 10.4. The van der Waals surface area contributed by atoms with Gasteiger partial charge in [0, 0.05) is 23.8 Å². The summed E-state index contributed by atoms with van der Waals surface area (Å²) in [6.07, 6.45) is 4.77. The lowest BCUT2D eigenvalue weighted by Crippen LogP contribution is -2.59. The zero-order valence-corrected chi connectivity index (χ0v) is 20.0. The van der Waals surface area contributed by atoms with Gasteiger partial charge in [-0.05, 0) is 42.9 Å². The summed E-state index contributed by atoms with van der Waals surface area (Å²) in [6, 6.07) is 9.57. The molecule has 34 heavy (non-hydrogen) atoms. The highest BCUT2D eigenvalue weighted by Gasteiger charge is 2.67. The molecule has 2 aliphatic carbocycles. The number of allylic oxidation sites excluding steroid dienone is 1. The summed E-state index contributed by atoms with van der Waals surface area (Å²) >= 11 is 0. The Bertz CT molecular complexity index is 1030. The van der Waals surface area contributed by atoms with Crippen LogP contribution in [-0.4, -0.2) is 50.9 Å². The van der Waals surface area contributed by atoms with Crippen molar-refractivity contribution in [3.63, 3.8) is 0 Å². The Hall–Kier alpha value is -2.54. The number of hydrogen-bond acceptors (Lipinski definition) is 5. The third-order valence-corrected chi connectivity index (χ3v) is 8.26. The summed E-state index contributed by atoms with van der Waals surface area (Å²) in [4.78, 5) is 26.6. The van der Waals surface area contributed by atoms with Crippen LogP contribution in [0.15, 0.2) is 66.8 Å². The number of carbonyl (C=O) groups excluding carboxylic acids is 2. The van der Waals surface area contributed by atoms with Crippen molar-refractivity contribution >= 4 is 11.7 Å². The highest BCUT2D eigenvalue weighted by molar-refractivity contribution is 5.91. The van der Waals surface area contributed by atoms with Gasteiger partial charge in [-0.15, -0.1) is 0 Å². The number of Topliss-reactive ketones (excluding diaryl/α,β-unsaturated/α-hetero) is 1. The summed E-state index contributed by atoms with van der Waals surface area (Å²) < 4.78 is 0. The van der Waals surface area contributed by atoms with Crippen LogP contribution >= 0.6 is 0 Å². The number of benzene rings is 1. The molecule has 1 amide bonds. The van der Waals surface area contributed by atoms with Crippen LogP contribution < -0.4 is 5.32 Å². The molecule has 1 saturated heterocycles. The molecular formula is C28H35NO5. The minimum atomic E-state index is -1.78. The highest BCUT2D eigenvalue weighted by atomic mass is 16.3. The molecule has 6 heteroatoms. The van der Waals surface area contributed by atoms with Gasteiger partial charge < -0.3 is 20.6 Å². The van der Waals surface area contributed by atoms with Crippen LogP contribution in [0.3, 0.4) is 0 Å². The molecule has 6 nitrogen and oxygen atoms in total. The number of aliphatic hydroxyl groups is 3. The fourth-order valence-corrected chi connectivity index (χ4v) is 6.39. The predicted octanol–water partition coefficient (Wildman–Crippen LogP) is 2.35. The van der Waals surface area contributed by atoms with E-state index in [4.69, 9.17) is 0 Å². The molecule has 0 aromatic heterocycles. The van der Waals surface area contributed by atoms with E-state index < -0.39 is 35.1 Å². The molecule has 2 fully saturated rings. The average Bonchev–Trinajstić information content (AvgIpc) is 3.09. The van der Waals surface area contributed by atoms with Crippen LogP contribution in [0, 0.1) is 29.1 Å². The molecule has 0 bridgehead atoms. The molecule has 1 unspecified atom stereocenters. The zero-order valence-electron chi connectivity index (χ0n) is 20.0. The lowest BCUT2D eigenvalue weighted by atomic mass is 9.51. The lowest BCUT2D eigenvalue weighted by molar-refractivity contribution is -0.147. The van der Waals surface area contributed by atoms with Crippen LogP contribution in [0.1, 0.15) is 32.8 Å². The number of hydrogen-bond donors (Lipinski definition) is 4. The molecular weight excluding hydrogens is 430 g/mol. The first-order valence-corrected chi connectivity index (χ1v) is 12.0. The second kappa shape index (κ2) is 8.91. The first-order chi connectivity index (χ1) is 16.0. The smallest absolute Gasteiger partial charge is 0.230 e. The summed E-state index contributed by atoms with van der Waals surface area (Å²) in [6.45, 7) is 9.24.